The molecule has 0 aromatic carbocycles. The van der Waals surface area contributed by atoms with Crippen molar-refractivity contribution >= 4 is 12.4 Å². The zero-order valence-electron chi connectivity index (χ0n) is 7.92. The minimum absolute atomic E-state index is 0. The average molecular weight is 188 g/mol. The Kier molecular flexibility index (Phi) is 5.91. The molecule has 70 valence electrons. The van der Waals surface area contributed by atoms with E-state index in [2.05, 4.69) is 36.7 Å². The highest BCUT2D eigenvalue weighted by molar-refractivity contribution is 5.85. The van der Waals surface area contributed by atoms with Gasteiger partial charge in [-0.2, -0.15) is 0 Å². The molecule has 0 N–H and O–H groups in total. The second kappa shape index (κ2) is 6.13. The lowest BCUT2D eigenvalue weighted by molar-refractivity contribution is 0.613. The molecule has 0 saturated heterocycles. The molecule has 0 fully saturated rings. The average Bonchev–Trinajstić information content (AvgIpc) is 2.47. The van der Waals surface area contributed by atoms with Crippen LogP contribution in [0.15, 0.2) is 18.3 Å². The summed E-state index contributed by atoms with van der Waals surface area (Å²) in [7, 11) is 0. The van der Waals surface area contributed by atoms with Gasteiger partial charge in [0.1, 0.15) is 0 Å². The molecule has 0 aliphatic heterocycles. The van der Waals surface area contributed by atoms with Crippen LogP contribution in [0.5, 0.6) is 0 Å². The monoisotopic (exact) mass is 187 g/mol. The highest BCUT2D eigenvalue weighted by Gasteiger charge is 1.95. The molecule has 1 heterocycles. The van der Waals surface area contributed by atoms with Crippen LogP contribution in [0.2, 0.25) is 0 Å². The molecule has 1 rings (SSSR count). The van der Waals surface area contributed by atoms with Gasteiger partial charge in [-0.1, -0.05) is 20.3 Å². The lowest BCUT2D eigenvalue weighted by Crippen LogP contribution is -1.99. The topological polar surface area (TPSA) is 4.93 Å². The van der Waals surface area contributed by atoms with E-state index in [1.165, 1.54) is 25.1 Å². The van der Waals surface area contributed by atoms with Gasteiger partial charge in [0.25, 0.3) is 0 Å². The Morgan fingerprint density at radius 3 is 2.67 bits per heavy atom. The molecular formula is C10H18ClN. The zero-order valence-corrected chi connectivity index (χ0v) is 8.73. The molecule has 0 spiro atoms. The number of aromatic nitrogens is 1. The van der Waals surface area contributed by atoms with Crippen LogP contribution in [0.25, 0.3) is 0 Å². The van der Waals surface area contributed by atoms with Gasteiger partial charge in [0.2, 0.25) is 0 Å². The summed E-state index contributed by atoms with van der Waals surface area (Å²) >= 11 is 0. The first-order valence-corrected chi connectivity index (χ1v) is 4.52. The highest BCUT2D eigenvalue weighted by atomic mass is 35.5. The van der Waals surface area contributed by atoms with Gasteiger partial charge >= 0.3 is 0 Å². The second-order valence-corrected chi connectivity index (χ2v) is 2.90. The number of hydrogen-bond donors (Lipinski definition) is 0. The van der Waals surface area contributed by atoms with Crippen molar-refractivity contribution in [1.82, 2.24) is 4.57 Å². The molecule has 2 heteroatoms. The van der Waals surface area contributed by atoms with Crippen LogP contribution in [0.1, 0.15) is 32.4 Å². The summed E-state index contributed by atoms with van der Waals surface area (Å²) in [6, 6.07) is 4.34. The van der Waals surface area contributed by atoms with Crippen molar-refractivity contribution in [2.24, 2.45) is 0 Å². The van der Waals surface area contributed by atoms with Crippen LogP contribution >= 0.6 is 12.4 Å². The van der Waals surface area contributed by atoms with Gasteiger partial charge in [0, 0.05) is 18.4 Å². The van der Waals surface area contributed by atoms with E-state index in [9.17, 15) is 0 Å². The summed E-state index contributed by atoms with van der Waals surface area (Å²) < 4.78 is 2.35. The van der Waals surface area contributed by atoms with Crippen LogP contribution in [0, 0.1) is 0 Å². The Bertz CT molecular complexity index is 205. The van der Waals surface area contributed by atoms with Gasteiger partial charge in [0.15, 0.2) is 0 Å². The van der Waals surface area contributed by atoms with E-state index in [1.807, 2.05) is 0 Å². The first-order valence-electron chi connectivity index (χ1n) is 4.52. The standard InChI is InChI=1S/C10H17N.ClH/c1-3-5-8-11-9-6-7-10(11)4-2;/h6-7,9H,3-5,8H2,1-2H3;1H. The number of rotatable bonds is 4. The molecule has 1 aromatic heterocycles. The minimum Gasteiger partial charge on any atom is -0.351 e. The lowest BCUT2D eigenvalue weighted by Gasteiger charge is -2.05. The van der Waals surface area contributed by atoms with Crippen LogP contribution in [-0.2, 0) is 13.0 Å². The predicted octanol–water partition coefficient (Wildman–Crippen LogP) is 3.27. The van der Waals surface area contributed by atoms with Crippen molar-refractivity contribution in [2.45, 2.75) is 39.7 Å². The maximum Gasteiger partial charge on any atom is 0.0222 e. The van der Waals surface area contributed by atoms with Crippen LogP contribution in [0.3, 0.4) is 0 Å². The highest BCUT2D eigenvalue weighted by Crippen LogP contribution is 2.04. The number of hydrogen-bond acceptors (Lipinski definition) is 0. The molecule has 0 aliphatic rings. The van der Waals surface area contributed by atoms with E-state index in [4.69, 9.17) is 0 Å². The van der Waals surface area contributed by atoms with Gasteiger partial charge in [-0.25, -0.2) is 0 Å². The molecule has 0 atom stereocenters. The fourth-order valence-electron chi connectivity index (χ4n) is 1.32. The molecule has 0 amide bonds. The van der Waals surface area contributed by atoms with Gasteiger partial charge < -0.3 is 4.57 Å². The molecule has 1 aromatic rings. The van der Waals surface area contributed by atoms with Crippen molar-refractivity contribution in [2.75, 3.05) is 0 Å². The number of halogens is 1. The molecular weight excluding hydrogens is 170 g/mol. The van der Waals surface area contributed by atoms with Gasteiger partial charge in [-0.3, -0.25) is 0 Å². The van der Waals surface area contributed by atoms with Crippen molar-refractivity contribution < 1.29 is 0 Å². The second-order valence-electron chi connectivity index (χ2n) is 2.90. The summed E-state index contributed by atoms with van der Waals surface area (Å²) in [6.45, 7) is 5.62. The van der Waals surface area contributed by atoms with Crippen LogP contribution < -0.4 is 0 Å². The SMILES string of the molecule is CCCCn1cccc1CC.Cl. The van der Waals surface area contributed by atoms with Gasteiger partial charge in [-0.05, 0) is 25.0 Å². The number of nitrogens with zero attached hydrogens (tertiary/aromatic N) is 1. The molecule has 12 heavy (non-hydrogen) atoms. The number of unbranched alkanes of at least 4 members (excludes halogenated alkanes) is 1. The van der Waals surface area contributed by atoms with E-state index in [1.54, 1.807) is 0 Å². The normalized spacial score (nSPS) is 9.50. The molecule has 0 unspecified atom stereocenters. The van der Waals surface area contributed by atoms with Crippen LogP contribution in [-0.4, -0.2) is 4.57 Å². The molecule has 0 radical (unpaired) electrons. The van der Waals surface area contributed by atoms with Gasteiger partial charge in [-0.15, -0.1) is 12.4 Å². The third kappa shape index (κ3) is 2.90. The van der Waals surface area contributed by atoms with Crippen molar-refractivity contribution in [3.63, 3.8) is 0 Å². The fraction of sp³-hybridized carbons (Fsp3) is 0.600. The Balaban J connectivity index is 0.00000121. The van der Waals surface area contributed by atoms with E-state index < -0.39 is 0 Å². The summed E-state index contributed by atoms with van der Waals surface area (Å²) in [4.78, 5) is 0. The molecule has 0 saturated carbocycles. The minimum atomic E-state index is 0. The summed E-state index contributed by atoms with van der Waals surface area (Å²) in [6.07, 6.45) is 5.90. The summed E-state index contributed by atoms with van der Waals surface area (Å²) in [5.74, 6) is 0. The zero-order chi connectivity index (χ0) is 8.10. The Morgan fingerprint density at radius 1 is 1.33 bits per heavy atom. The first kappa shape index (κ1) is 11.6. The van der Waals surface area contributed by atoms with Crippen molar-refractivity contribution in [3.05, 3.63) is 24.0 Å². The van der Waals surface area contributed by atoms with E-state index in [-0.39, 0.29) is 12.4 Å². The Morgan fingerprint density at radius 2 is 2.08 bits per heavy atom. The fourth-order valence-corrected chi connectivity index (χ4v) is 1.32. The van der Waals surface area contributed by atoms with Crippen molar-refractivity contribution in [1.29, 1.82) is 0 Å². The van der Waals surface area contributed by atoms with E-state index in [0.29, 0.717) is 0 Å². The maximum absolute atomic E-state index is 2.35. The molecule has 0 bridgehead atoms. The largest absolute Gasteiger partial charge is 0.351 e. The third-order valence-corrected chi connectivity index (χ3v) is 2.04. The Hall–Kier alpha value is -0.430. The summed E-state index contributed by atoms with van der Waals surface area (Å²) in [5.41, 5.74) is 1.46. The molecule has 0 aliphatic carbocycles. The van der Waals surface area contributed by atoms with Crippen LogP contribution in [0.4, 0.5) is 0 Å². The van der Waals surface area contributed by atoms with E-state index in [0.717, 1.165) is 6.42 Å². The van der Waals surface area contributed by atoms with Gasteiger partial charge in [0.05, 0.1) is 0 Å². The lowest BCUT2D eigenvalue weighted by atomic mass is 10.3. The number of aryl methyl sites for hydroxylation is 2. The quantitative estimate of drug-likeness (QED) is 0.682. The smallest absolute Gasteiger partial charge is 0.0222 e. The van der Waals surface area contributed by atoms with E-state index >= 15 is 0 Å². The maximum atomic E-state index is 2.35. The molecule has 1 nitrogen and oxygen atoms in total. The summed E-state index contributed by atoms with van der Waals surface area (Å²) in [5, 5.41) is 0. The predicted molar refractivity (Wildman–Crippen MR) is 56.0 cm³/mol. The van der Waals surface area contributed by atoms with Crippen molar-refractivity contribution in [3.8, 4) is 0 Å². The first-order chi connectivity index (χ1) is 5.38. The third-order valence-electron chi connectivity index (χ3n) is 2.04. The Labute approximate surface area is 81.2 Å².